The van der Waals surface area contributed by atoms with Crippen LogP contribution in [0.1, 0.15) is 0 Å². The summed E-state index contributed by atoms with van der Waals surface area (Å²) < 4.78 is 12.9. The van der Waals surface area contributed by atoms with Gasteiger partial charge >= 0.3 is 0 Å². The van der Waals surface area contributed by atoms with Gasteiger partial charge < -0.3 is 4.57 Å². The van der Waals surface area contributed by atoms with Crippen molar-refractivity contribution in [3.63, 3.8) is 0 Å². The Morgan fingerprint density at radius 1 is 0.320 bits per heavy atom. The van der Waals surface area contributed by atoms with Crippen LogP contribution >= 0.6 is 7.14 Å². The number of benzene rings is 9. The van der Waals surface area contributed by atoms with Crippen LogP contribution in [0.25, 0.3) is 87.6 Å². The molecule has 0 aliphatic carbocycles. The molecule has 0 radical (unpaired) electrons. The van der Waals surface area contributed by atoms with Crippen LogP contribution < -0.4 is 5.30 Å². The number of hydrogen-bond acceptors (Lipinski definition) is 1. The first kappa shape index (κ1) is 30.3. The zero-order valence-electron chi connectivity index (χ0n) is 28.1. The van der Waals surface area contributed by atoms with E-state index in [9.17, 15) is 4.57 Å². The summed E-state index contributed by atoms with van der Waals surface area (Å²) in [7, 11) is -2.38. The van der Waals surface area contributed by atoms with Gasteiger partial charge in [-0.3, -0.25) is 0 Å². The highest BCUT2D eigenvalue weighted by molar-refractivity contribution is 7.70. The molecule has 1 nitrogen and oxygen atoms in total. The van der Waals surface area contributed by atoms with Crippen LogP contribution in [0.5, 0.6) is 0 Å². The molecule has 0 aliphatic heterocycles. The van der Waals surface area contributed by atoms with Gasteiger partial charge in [-0.1, -0.05) is 146 Å². The zero-order chi connectivity index (χ0) is 33.8. The molecule has 0 spiro atoms. The molecule has 2 heteroatoms. The van der Waals surface area contributed by atoms with Crippen molar-refractivity contribution in [2.24, 2.45) is 0 Å². The van der Waals surface area contributed by atoms with Crippen LogP contribution in [0.3, 0.4) is 0 Å². The summed E-state index contributed by atoms with van der Waals surface area (Å²) in [5.74, 6) is 0. The van der Waals surface area contributed by atoms with Gasteiger partial charge in [-0.05, 0) is 131 Å². The van der Waals surface area contributed by atoms with E-state index in [2.05, 4.69) is 164 Å². The van der Waals surface area contributed by atoms with E-state index in [0.29, 0.717) is 0 Å². The predicted octanol–water partition coefficient (Wildman–Crippen LogP) is 13.2. The summed E-state index contributed by atoms with van der Waals surface area (Å²) in [6.45, 7) is 3.67. The molecule has 0 aromatic heterocycles. The average Bonchev–Trinajstić information content (AvgIpc) is 3.16. The molecular formula is C48H35OP. The van der Waals surface area contributed by atoms with Gasteiger partial charge in [0.2, 0.25) is 0 Å². The fourth-order valence-corrected chi connectivity index (χ4v) is 8.46. The molecular weight excluding hydrogens is 624 g/mol. The Morgan fingerprint density at radius 2 is 0.760 bits per heavy atom. The van der Waals surface area contributed by atoms with Crippen LogP contribution in [-0.4, -0.2) is 13.3 Å². The highest BCUT2D eigenvalue weighted by Crippen LogP contribution is 2.46. The predicted molar refractivity (Wildman–Crippen MR) is 217 cm³/mol. The molecule has 0 heterocycles. The number of hydrogen-bond donors (Lipinski definition) is 0. The van der Waals surface area contributed by atoms with Crippen molar-refractivity contribution in [1.29, 1.82) is 0 Å². The second-order valence-corrected chi connectivity index (χ2v) is 16.9. The standard InChI is InChI=1S/C48H35OP/c1-50(2,49)42-18-10-17-38(30-42)36-15-9-16-37(27-36)39-25-26-45-46(31-39)48(41-24-22-33-12-4-6-14-35(33)29-41)44-20-8-7-19-43(44)47(45)40-23-21-32-11-3-5-13-34(32)28-40/h3-31H,1-2H3. The van der Waals surface area contributed by atoms with Crippen LogP contribution in [0, 0.1) is 0 Å². The zero-order valence-corrected chi connectivity index (χ0v) is 29.0. The molecule has 9 rings (SSSR count). The van der Waals surface area contributed by atoms with E-state index in [-0.39, 0.29) is 0 Å². The molecule has 50 heavy (non-hydrogen) atoms. The van der Waals surface area contributed by atoms with Crippen molar-refractivity contribution < 1.29 is 4.57 Å². The maximum atomic E-state index is 12.9. The summed E-state index contributed by atoms with van der Waals surface area (Å²) in [6, 6.07) is 63.7. The lowest BCUT2D eigenvalue weighted by Crippen LogP contribution is -2.02. The molecule has 0 amide bonds. The van der Waals surface area contributed by atoms with E-state index in [0.717, 1.165) is 27.6 Å². The van der Waals surface area contributed by atoms with Crippen LogP contribution in [0.4, 0.5) is 0 Å². The highest BCUT2D eigenvalue weighted by atomic mass is 31.2. The summed E-state index contributed by atoms with van der Waals surface area (Å²) in [5, 5.41) is 10.8. The molecule has 0 unspecified atom stereocenters. The van der Waals surface area contributed by atoms with Crippen molar-refractivity contribution in [3.8, 4) is 44.5 Å². The summed E-state index contributed by atoms with van der Waals surface area (Å²) in [5.41, 5.74) is 9.43. The Balaban J connectivity index is 1.32. The molecule has 9 aromatic rings. The lowest BCUT2D eigenvalue weighted by molar-refractivity contribution is 0.588. The number of fused-ring (bicyclic) bond motifs is 4. The van der Waals surface area contributed by atoms with E-state index in [1.54, 1.807) is 0 Å². The van der Waals surface area contributed by atoms with Crippen LogP contribution in [-0.2, 0) is 4.57 Å². The minimum Gasteiger partial charge on any atom is -0.319 e. The van der Waals surface area contributed by atoms with Crippen molar-refractivity contribution >= 4 is 55.5 Å². The maximum absolute atomic E-state index is 12.9. The summed E-state index contributed by atoms with van der Waals surface area (Å²) in [4.78, 5) is 0. The normalized spacial score (nSPS) is 11.9. The Kier molecular flexibility index (Phi) is 7.27. The second kappa shape index (κ2) is 12.0. The molecule has 9 aromatic carbocycles. The van der Waals surface area contributed by atoms with E-state index < -0.39 is 7.14 Å². The third kappa shape index (κ3) is 5.32. The van der Waals surface area contributed by atoms with Crippen LogP contribution in [0.15, 0.2) is 176 Å². The SMILES string of the molecule is CP(C)(=O)c1cccc(-c2cccc(-c3ccc4c(-c5ccc6ccccc6c5)c5ccccc5c(-c5ccc6ccccc6c5)c4c3)c2)c1. The van der Waals surface area contributed by atoms with Gasteiger partial charge in [-0.15, -0.1) is 0 Å². The molecule has 238 valence electrons. The van der Waals surface area contributed by atoms with Crippen molar-refractivity contribution in [3.05, 3.63) is 176 Å². The average molecular weight is 659 g/mol. The third-order valence-electron chi connectivity index (χ3n) is 10.1. The minimum atomic E-state index is -2.38. The fraction of sp³-hybridized carbons (Fsp3) is 0.0417. The lowest BCUT2D eigenvalue weighted by atomic mass is 9.84. The van der Waals surface area contributed by atoms with E-state index >= 15 is 0 Å². The second-order valence-electron chi connectivity index (χ2n) is 13.7. The van der Waals surface area contributed by atoms with Gasteiger partial charge in [0, 0.05) is 5.30 Å². The fourth-order valence-electron chi connectivity index (χ4n) is 7.57. The molecule has 0 saturated carbocycles. The van der Waals surface area contributed by atoms with E-state index in [1.807, 2.05) is 25.5 Å². The first-order valence-corrected chi connectivity index (χ1v) is 19.7. The van der Waals surface area contributed by atoms with Crippen molar-refractivity contribution in [2.45, 2.75) is 0 Å². The molecule has 0 aliphatic rings. The van der Waals surface area contributed by atoms with Gasteiger partial charge in [-0.25, -0.2) is 0 Å². The van der Waals surface area contributed by atoms with Crippen molar-refractivity contribution in [1.82, 2.24) is 0 Å². The largest absolute Gasteiger partial charge is 0.319 e. The van der Waals surface area contributed by atoms with Crippen LogP contribution in [0.2, 0.25) is 0 Å². The Bertz CT molecular complexity index is 2820. The Labute approximate surface area is 292 Å². The third-order valence-corrected chi connectivity index (χ3v) is 11.6. The van der Waals surface area contributed by atoms with Gasteiger partial charge in [0.1, 0.15) is 7.14 Å². The molecule has 0 atom stereocenters. The Morgan fingerprint density at radius 3 is 1.34 bits per heavy atom. The topological polar surface area (TPSA) is 17.1 Å². The molecule has 0 bridgehead atoms. The lowest BCUT2D eigenvalue weighted by Gasteiger charge is -2.19. The molecule has 0 fully saturated rings. The first-order valence-electron chi connectivity index (χ1n) is 17.1. The van der Waals surface area contributed by atoms with Gasteiger partial charge in [0.15, 0.2) is 0 Å². The smallest absolute Gasteiger partial charge is 0.109 e. The maximum Gasteiger partial charge on any atom is 0.109 e. The molecule has 0 saturated heterocycles. The van der Waals surface area contributed by atoms with Gasteiger partial charge in [-0.2, -0.15) is 0 Å². The number of rotatable bonds is 5. The van der Waals surface area contributed by atoms with Crippen molar-refractivity contribution in [2.75, 3.05) is 13.3 Å². The van der Waals surface area contributed by atoms with Gasteiger partial charge in [0.25, 0.3) is 0 Å². The van der Waals surface area contributed by atoms with E-state index in [4.69, 9.17) is 0 Å². The quantitative estimate of drug-likeness (QED) is 0.133. The van der Waals surface area contributed by atoms with E-state index in [1.165, 1.54) is 65.3 Å². The Hall–Kier alpha value is -5.75. The van der Waals surface area contributed by atoms with Gasteiger partial charge in [0.05, 0.1) is 0 Å². The summed E-state index contributed by atoms with van der Waals surface area (Å²) >= 11 is 0. The molecule has 0 N–H and O–H groups in total. The first-order chi connectivity index (χ1) is 24.4. The summed E-state index contributed by atoms with van der Waals surface area (Å²) in [6.07, 6.45) is 0. The highest BCUT2D eigenvalue weighted by Gasteiger charge is 2.19. The monoisotopic (exact) mass is 658 g/mol. The minimum absolute atomic E-state index is 0.902.